The van der Waals surface area contributed by atoms with Gasteiger partial charge in [-0.15, -0.1) is 0 Å². The number of nitrogens with zero attached hydrogens (tertiary/aromatic N) is 1. The van der Waals surface area contributed by atoms with Gasteiger partial charge >= 0.3 is 0 Å². The lowest BCUT2D eigenvalue weighted by molar-refractivity contribution is -0.130. The van der Waals surface area contributed by atoms with Crippen molar-refractivity contribution in [2.24, 2.45) is 0 Å². The lowest BCUT2D eigenvalue weighted by Crippen LogP contribution is -2.28. The van der Waals surface area contributed by atoms with Crippen molar-refractivity contribution in [1.29, 1.82) is 0 Å². The maximum Gasteiger partial charge on any atom is 0.222 e. The molecular weight excluding hydrogens is 306 g/mol. The third kappa shape index (κ3) is 7.02. The Morgan fingerprint density at radius 3 is 2.29 bits per heavy atom. The van der Waals surface area contributed by atoms with Crippen LogP contribution in [0, 0.1) is 0 Å². The van der Waals surface area contributed by atoms with Gasteiger partial charge in [-0.05, 0) is 43.9 Å². The molecule has 1 amide bonds. The zero-order valence-electron chi connectivity index (χ0n) is 15.3. The highest BCUT2D eigenvalue weighted by atomic mass is 16.5. The van der Waals surface area contributed by atoms with Gasteiger partial charge in [0.05, 0.1) is 14.2 Å². The molecule has 0 heterocycles. The summed E-state index contributed by atoms with van der Waals surface area (Å²) in [5.41, 5.74) is 1.11. The molecule has 0 spiro atoms. The van der Waals surface area contributed by atoms with E-state index in [0.717, 1.165) is 31.2 Å². The van der Waals surface area contributed by atoms with Crippen LogP contribution >= 0.6 is 0 Å². The van der Waals surface area contributed by atoms with Gasteiger partial charge in [0.15, 0.2) is 11.5 Å². The van der Waals surface area contributed by atoms with Crippen molar-refractivity contribution in [2.45, 2.75) is 45.4 Å². The highest BCUT2D eigenvalue weighted by molar-refractivity contribution is 5.76. The highest BCUT2D eigenvalue weighted by Gasteiger charge is 2.10. The quantitative estimate of drug-likeness (QED) is 0.583. The second-order valence-corrected chi connectivity index (χ2v) is 6.02. The molecule has 1 aromatic rings. The van der Waals surface area contributed by atoms with Gasteiger partial charge in [-0.1, -0.05) is 12.5 Å². The van der Waals surface area contributed by atoms with Gasteiger partial charge in [0.1, 0.15) is 5.78 Å². The van der Waals surface area contributed by atoms with Crippen LogP contribution in [0.5, 0.6) is 11.5 Å². The van der Waals surface area contributed by atoms with E-state index in [0.29, 0.717) is 30.9 Å². The molecule has 0 aliphatic carbocycles. The Labute approximate surface area is 144 Å². The Kier molecular flexibility index (Phi) is 8.90. The van der Waals surface area contributed by atoms with Crippen LogP contribution in [0.4, 0.5) is 0 Å². The lowest BCUT2D eigenvalue weighted by Gasteiger charge is -2.17. The fraction of sp³-hybridized carbons (Fsp3) is 0.579. The number of ketones is 1. The van der Waals surface area contributed by atoms with E-state index in [2.05, 4.69) is 0 Å². The smallest absolute Gasteiger partial charge is 0.222 e. The molecule has 0 aromatic heterocycles. The van der Waals surface area contributed by atoms with Gasteiger partial charge in [0.25, 0.3) is 0 Å². The van der Waals surface area contributed by atoms with E-state index < -0.39 is 0 Å². The summed E-state index contributed by atoms with van der Waals surface area (Å²) < 4.78 is 10.5. The second-order valence-electron chi connectivity index (χ2n) is 6.02. The normalized spacial score (nSPS) is 10.3. The fourth-order valence-corrected chi connectivity index (χ4v) is 2.48. The van der Waals surface area contributed by atoms with E-state index in [1.165, 1.54) is 0 Å². The van der Waals surface area contributed by atoms with Crippen LogP contribution in [0.25, 0.3) is 0 Å². The number of rotatable bonds is 11. The Morgan fingerprint density at radius 2 is 1.67 bits per heavy atom. The van der Waals surface area contributed by atoms with Crippen LogP contribution in [-0.2, 0) is 16.0 Å². The van der Waals surface area contributed by atoms with Gasteiger partial charge < -0.3 is 19.2 Å². The predicted molar refractivity (Wildman–Crippen MR) is 94.7 cm³/mol. The molecule has 0 saturated heterocycles. The Morgan fingerprint density at radius 1 is 1.00 bits per heavy atom. The molecule has 0 fully saturated rings. The number of amides is 1. The monoisotopic (exact) mass is 335 g/mol. The molecule has 0 aliphatic rings. The van der Waals surface area contributed by atoms with Crippen LogP contribution in [0.3, 0.4) is 0 Å². The number of methoxy groups -OCH3 is 2. The van der Waals surface area contributed by atoms with E-state index in [-0.39, 0.29) is 11.7 Å². The van der Waals surface area contributed by atoms with Gasteiger partial charge in [-0.2, -0.15) is 0 Å². The maximum absolute atomic E-state index is 12.1. The predicted octanol–water partition coefficient (Wildman–Crippen LogP) is 3.24. The van der Waals surface area contributed by atoms with Crippen LogP contribution in [0.1, 0.15) is 44.6 Å². The molecule has 0 atom stereocenters. The maximum atomic E-state index is 12.1. The molecule has 1 rings (SSSR count). The van der Waals surface area contributed by atoms with Crippen LogP contribution in [0.15, 0.2) is 18.2 Å². The van der Waals surface area contributed by atoms with E-state index in [9.17, 15) is 9.59 Å². The summed E-state index contributed by atoms with van der Waals surface area (Å²) in [4.78, 5) is 24.7. The lowest BCUT2D eigenvalue weighted by atomic mass is 10.1. The Hall–Kier alpha value is -2.04. The largest absolute Gasteiger partial charge is 0.493 e. The second kappa shape index (κ2) is 10.7. The average Bonchev–Trinajstić information content (AvgIpc) is 2.58. The van der Waals surface area contributed by atoms with Gasteiger partial charge in [-0.25, -0.2) is 0 Å². The number of ether oxygens (including phenoxy) is 2. The zero-order valence-corrected chi connectivity index (χ0v) is 15.3. The zero-order chi connectivity index (χ0) is 17.9. The minimum Gasteiger partial charge on any atom is -0.493 e. The first-order valence-corrected chi connectivity index (χ1v) is 8.42. The molecule has 0 aliphatic heterocycles. The van der Waals surface area contributed by atoms with E-state index >= 15 is 0 Å². The fourth-order valence-electron chi connectivity index (χ4n) is 2.48. The number of Topliss-reactive ketones (excluding diaryl/α,β-unsaturated/α-hetero) is 1. The number of unbranched alkanes of at least 4 members (excludes halogenated alkanes) is 2. The molecule has 0 bridgehead atoms. The molecular formula is C19H29NO4. The van der Waals surface area contributed by atoms with Gasteiger partial charge in [0, 0.05) is 26.4 Å². The standard InChI is InChI=1S/C19H29NO4/c1-15(21)8-6-5-7-9-19(22)20(2)13-12-16-10-11-17(23-3)18(14-16)24-4/h10-11,14H,5-9,12-13H2,1-4H3. The summed E-state index contributed by atoms with van der Waals surface area (Å²) >= 11 is 0. The van der Waals surface area contributed by atoms with E-state index in [4.69, 9.17) is 9.47 Å². The SMILES string of the molecule is COc1ccc(CCN(C)C(=O)CCCCCC(C)=O)cc1OC. The molecule has 5 nitrogen and oxygen atoms in total. The van der Waals surface area contributed by atoms with Crippen molar-refractivity contribution in [3.05, 3.63) is 23.8 Å². The number of hydrogen-bond donors (Lipinski definition) is 0. The summed E-state index contributed by atoms with van der Waals surface area (Å²) in [5, 5.41) is 0. The average molecular weight is 335 g/mol. The first-order valence-electron chi connectivity index (χ1n) is 8.42. The first kappa shape index (κ1) is 20.0. The van der Waals surface area contributed by atoms with Crippen LogP contribution in [-0.4, -0.2) is 44.4 Å². The third-order valence-electron chi connectivity index (χ3n) is 4.03. The Balaban J connectivity index is 2.35. The topological polar surface area (TPSA) is 55.8 Å². The van der Waals surface area contributed by atoms with E-state index in [1.54, 1.807) is 26.0 Å². The molecule has 24 heavy (non-hydrogen) atoms. The van der Waals surface area contributed by atoms with Crippen LogP contribution in [0.2, 0.25) is 0 Å². The highest BCUT2D eigenvalue weighted by Crippen LogP contribution is 2.27. The molecule has 1 aromatic carbocycles. The molecule has 134 valence electrons. The van der Waals surface area contributed by atoms with Crippen molar-refractivity contribution < 1.29 is 19.1 Å². The number of hydrogen-bond acceptors (Lipinski definition) is 4. The molecule has 0 unspecified atom stereocenters. The molecule has 0 N–H and O–H groups in total. The Bertz CT molecular complexity index is 542. The summed E-state index contributed by atoms with van der Waals surface area (Å²) in [6.07, 6.45) is 4.57. The van der Waals surface area contributed by atoms with Crippen molar-refractivity contribution in [3.8, 4) is 11.5 Å². The van der Waals surface area contributed by atoms with Crippen molar-refractivity contribution >= 4 is 11.7 Å². The van der Waals surface area contributed by atoms with Crippen molar-refractivity contribution in [2.75, 3.05) is 27.8 Å². The molecule has 5 heteroatoms. The number of carbonyl (C=O) groups excluding carboxylic acids is 2. The van der Waals surface area contributed by atoms with Crippen LogP contribution < -0.4 is 9.47 Å². The summed E-state index contributed by atoms with van der Waals surface area (Å²) in [7, 11) is 5.06. The van der Waals surface area contributed by atoms with Crippen molar-refractivity contribution in [3.63, 3.8) is 0 Å². The molecule has 0 saturated carbocycles. The van der Waals surface area contributed by atoms with Gasteiger partial charge in [-0.3, -0.25) is 4.79 Å². The summed E-state index contributed by atoms with van der Waals surface area (Å²) in [6, 6.07) is 5.81. The van der Waals surface area contributed by atoms with Gasteiger partial charge in [0.2, 0.25) is 5.91 Å². The van der Waals surface area contributed by atoms with E-state index in [1.807, 2.05) is 25.2 Å². The summed E-state index contributed by atoms with van der Waals surface area (Å²) in [5.74, 6) is 1.78. The minimum atomic E-state index is 0.151. The minimum absolute atomic E-state index is 0.151. The number of carbonyl (C=O) groups is 2. The number of benzene rings is 1. The summed E-state index contributed by atoms with van der Waals surface area (Å²) in [6.45, 7) is 2.27. The molecule has 0 radical (unpaired) electrons. The third-order valence-corrected chi connectivity index (χ3v) is 4.03. The first-order chi connectivity index (χ1) is 11.5. The van der Waals surface area contributed by atoms with Crippen molar-refractivity contribution in [1.82, 2.24) is 4.90 Å². The number of likely N-dealkylation sites (N-methyl/N-ethyl adjacent to an activating group) is 1.